The van der Waals surface area contributed by atoms with Crippen molar-refractivity contribution < 1.29 is 67.1 Å². The molecule has 0 bridgehead atoms. The van der Waals surface area contributed by atoms with E-state index in [4.69, 9.17) is 56.8 Å². The van der Waals surface area contributed by atoms with Crippen LogP contribution in [0.1, 0.15) is 87.5 Å². The number of ether oxygens (including phenoxy) is 12. The highest BCUT2D eigenvalue weighted by molar-refractivity contribution is 5.21. The Labute approximate surface area is 398 Å². The van der Waals surface area contributed by atoms with E-state index < -0.39 is 73.1 Å². The normalized spacial score (nSPS) is 37.6. The van der Waals surface area contributed by atoms with E-state index >= 15 is 0 Å². The van der Waals surface area contributed by atoms with Gasteiger partial charge in [0.25, 0.3) is 0 Å². The maximum absolute atomic E-state index is 11.5. The molecule has 2 saturated heterocycles. The number of rotatable bonds is 28. The Morgan fingerprint density at radius 2 is 1.09 bits per heavy atom. The topological polar surface area (TPSA) is 151 Å². The molecule has 0 aromatic carbocycles. The summed E-state index contributed by atoms with van der Waals surface area (Å²) in [5.41, 5.74) is 1.05. The SMILES string of the molecule is CC[C@H](OC)[C@@H](C)[C@@H]1C[C@H]1[C@H](O)[C@H](C)/C=C/C=C(\C)[C@H]1O[C@H](OCCO[C@H]2[C@H](OC)[C@@H](OC)[C@@H](OC)O[C@@H]2/C(C)=C/C=C/[C@@H](C)C2(O)CC([C@H](C)[C@H](CC)OC)C2)[C@H](OC)[C@@H](OC)[C@@H]1OC. The van der Waals surface area contributed by atoms with Gasteiger partial charge in [0, 0.05) is 68.7 Å². The van der Waals surface area contributed by atoms with Gasteiger partial charge in [-0.2, -0.15) is 0 Å². The second kappa shape index (κ2) is 27.1. The molecule has 14 nitrogen and oxygen atoms in total. The van der Waals surface area contributed by atoms with Gasteiger partial charge in [-0.25, -0.2) is 0 Å². The fraction of sp³-hybridized carbons (Fsp3) is 0.846. The third-order valence-electron chi connectivity index (χ3n) is 15.6. The molecule has 2 saturated carbocycles. The molecule has 0 radical (unpaired) electrons. The summed E-state index contributed by atoms with van der Waals surface area (Å²) in [5.74, 6) is 1.90. The Hall–Kier alpha value is -1.60. The van der Waals surface area contributed by atoms with Crippen molar-refractivity contribution >= 4 is 0 Å². The van der Waals surface area contributed by atoms with Crippen LogP contribution in [0.5, 0.6) is 0 Å². The van der Waals surface area contributed by atoms with Crippen LogP contribution in [0.15, 0.2) is 47.6 Å². The molecular formula is C52H90O14. The molecule has 4 rings (SSSR count). The summed E-state index contributed by atoms with van der Waals surface area (Å²) in [5, 5.41) is 22.7. The number of hydrogen-bond acceptors (Lipinski definition) is 14. The summed E-state index contributed by atoms with van der Waals surface area (Å²) < 4.78 is 73.0. The van der Waals surface area contributed by atoms with E-state index in [1.54, 1.807) is 56.9 Å². The van der Waals surface area contributed by atoms with E-state index in [-0.39, 0.29) is 43.2 Å². The van der Waals surface area contributed by atoms with Crippen LogP contribution >= 0.6 is 0 Å². The zero-order valence-electron chi connectivity index (χ0n) is 43.3. The minimum atomic E-state index is -0.812. The van der Waals surface area contributed by atoms with Crippen molar-refractivity contribution in [1.82, 2.24) is 0 Å². The Morgan fingerprint density at radius 3 is 1.62 bits per heavy atom. The first kappa shape index (κ1) is 57.0. The lowest BCUT2D eigenvalue weighted by Crippen LogP contribution is -2.61. The van der Waals surface area contributed by atoms with Crippen LogP contribution in [0, 0.1) is 41.4 Å². The van der Waals surface area contributed by atoms with Gasteiger partial charge < -0.3 is 67.1 Å². The van der Waals surface area contributed by atoms with Gasteiger partial charge in [-0.1, -0.05) is 78.0 Å². The minimum Gasteiger partial charge on any atom is -0.392 e. The zero-order chi connectivity index (χ0) is 48.9. The maximum Gasteiger partial charge on any atom is 0.187 e. The van der Waals surface area contributed by atoms with Crippen LogP contribution in [0.2, 0.25) is 0 Å². The van der Waals surface area contributed by atoms with Crippen molar-refractivity contribution in [3.63, 3.8) is 0 Å². The summed E-state index contributed by atoms with van der Waals surface area (Å²) in [7, 11) is 13.2. The second-order valence-electron chi connectivity index (χ2n) is 19.4. The van der Waals surface area contributed by atoms with Crippen molar-refractivity contribution in [1.29, 1.82) is 0 Å². The van der Waals surface area contributed by atoms with E-state index in [1.807, 2.05) is 38.2 Å². The quantitative estimate of drug-likeness (QED) is 0.0607. The van der Waals surface area contributed by atoms with Crippen molar-refractivity contribution in [3.8, 4) is 0 Å². The highest BCUT2D eigenvalue weighted by Crippen LogP contribution is 2.50. The van der Waals surface area contributed by atoms with Crippen molar-refractivity contribution in [3.05, 3.63) is 47.6 Å². The molecule has 4 fully saturated rings. The Morgan fingerprint density at radius 1 is 0.606 bits per heavy atom. The van der Waals surface area contributed by atoms with Crippen molar-refractivity contribution in [2.75, 3.05) is 70.1 Å². The van der Waals surface area contributed by atoms with Crippen LogP contribution in [0.25, 0.3) is 0 Å². The van der Waals surface area contributed by atoms with Crippen molar-refractivity contribution in [2.45, 2.75) is 173 Å². The number of aliphatic hydroxyl groups is 2. The fourth-order valence-corrected chi connectivity index (χ4v) is 11.0. The van der Waals surface area contributed by atoms with Gasteiger partial charge in [0.15, 0.2) is 12.6 Å². The molecule has 382 valence electrons. The third-order valence-corrected chi connectivity index (χ3v) is 15.6. The molecule has 66 heavy (non-hydrogen) atoms. The molecule has 0 spiro atoms. The number of aliphatic hydroxyl groups excluding tert-OH is 1. The Kier molecular flexibility index (Phi) is 23.4. The minimum absolute atomic E-state index is 0.0281. The molecule has 2 heterocycles. The fourth-order valence-electron chi connectivity index (χ4n) is 11.0. The lowest BCUT2D eigenvalue weighted by atomic mass is 9.60. The van der Waals surface area contributed by atoms with E-state index in [2.05, 4.69) is 53.7 Å². The van der Waals surface area contributed by atoms with Gasteiger partial charge in [0.2, 0.25) is 0 Å². The molecule has 2 aliphatic carbocycles. The lowest BCUT2D eigenvalue weighted by Gasteiger charge is -2.50. The van der Waals surface area contributed by atoms with Crippen LogP contribution < -0.4 is 0 Å². The van der Waals surface area contributed by atoms with Crippen LogP contribution in [-0.2, 0) is 56.8 Å². The van der Waals surface area contributed by atoms with E-state index in [0.717, 1.165) is 43.3 Å². The molecule has 4 aliphatic rings. The van der Waals surface area contributed by atoms with Gasteiger partial charge in [-0.3, -0.25) is 0 Å². The predicted molar refractivity (Wildman–Crippen MR) is 254 cm³/mol. The second-order valence-corrected chi connectivity index (χ2v) is 19.4. The molecule has 0 amide bonds. The largest absolute Gasteiger partial charge is 0.392 e. The van der Waals surface area contributed by atoms with Gasteiger partial charge in [-0.15, -0.1) is 0 Å². The summed E-state index contributed by atoms with van der Waals surface area (Å²) in [4.78, 5) is 0. The summed E-state index contributed by atoms with van der Waals surface area (Å²) in [6.45, 7) is 17.2. The van der Waals surface area contributed by atoms with Gasteiger partial charge in [0.1, 0.15) is 48.8 Å². The number of hydrogen-bond donors (Lipinski definition) is 2. The molecule has 2 aliphatic heterocycles. The highest BCUT2D eigenvalue weighted by Gasteiger charge is 2.52. The van der Waals surface area contributed by atoms with Gasteiger partial charge in [0.05, 0.1) is 37.1 Å². The average molecular weight is 939 g/mol. The molecule has 0 unspecified atom stereocenters. The maximum atomic E-state index is 11.5. The Bertz CT molecular complexity index is 1520. The third kappa shape index (κ3) is 13.6. The molecular weight excluding hydrogens is 849 g/mol. The smallest absolute Gasteiger partial charge is 0.187 e. The van der Waals surface area contributed by atoms with E-state index in [9.17, 15) is 10.2 Å². The monoisotopic (exact) mass is 939 g/mol. The predicted octanol–water partition coefficient (Wildman–Crippen LogP) is 7.10. The first-order valence-electron chi connectivity index (χ1n) is 24.4. The van der Waals surface area contributed by atoms with E-state index in [1.165, 1.54) is 0 Å². The zero-order valence-corrected chi connectivity index (χ0v) is 43.3. The number of allylic oxidation sites excluding steroid dienone is 4. The molecule has 14 heteroatoms. The number of methoxy groups -OCH3 is 8. The molecule has 2 N–H and O–H groups in total. The molecule has 0 aromatic heterocycles. The summed E-state index contributed by atoms with van der Waals surface area (Å²) in [6.07, 6.45) is 10.7. The van der Waals surface area contributed by atoms with Crippen LogP contribution in [-0.4, -0.2) is 166 Å². The highest BCUT2D eigenvalue weighted by atomic mass is 16.7. The van der Waals surface area contributed by atoms with Crippen LogP contribution in [0.4, 0.5) is 0 Å². The van der Waals surface area contributed by atoms with E-state index in [0.29, 0.717) is 23.7 Å². The first-order valence-corrected chi connectivity index (χ1v) is 24.4. The molecule has 0 aromatic rings. The van der Waals surface area contributed by atoms with Crippen LogP contribution in [0.3, 0.4) is 0 Å². The molecule has 19 atom stereocenters. The van der Waals surface area contributed by atoms with Crippen molar-refractivity contribution in [2.24, 2.45) is 41.4 Å². The Balaban J connectivity index is 1.42. The average Bonchev–Trinajstić information content (AvgIpc) is 4.12. The summed E-state index contributed by atoms with van der Waals surface area (Å²) >= 11 is 0. The standard InChI is InChI=1S/C52H90O14/c1-17-39(55-9)34(7)36-28-52(54,29-36)33(6)24-20-23-32(5)43-47(46(59-13)48(60-14)50(62-16)65-43)63-25-26-64-51-49(61-15)45(58-12)44(57-11)42(66-51)31(4)22-19-21-30(3)41(53)38-27-37(38)35(8)40(18-2)56-10/h19-24,30,33-51,53-54H,17-18,25-29H2,1-16H3/b21-19+,24-20+,31-22+,32-23+/t30-,33-,34+,35+,36?,37+,38-,39+,40+,41-,42-,43-,44-,45+,46+,47-,48-,49-,50+,51+,52?/m1/s1. The first-order chi connectivity index (χ1) is 31.6. The lowest BCUT2D eigenvalue weighted by molar-refractivity contribution is -0.311. The van der Waals surface area contributed by atoms with Gasteiger partial charge >= 0.3 is 0 Å². The summed E-state index contributed by atoms with van der Waals surface area (Å²) in [6, 6.07) is 0. The van der Waals surface area contributed by atoms with Gasteiger partial charge in [-0.05, 0) is 86.7 Å².